The summed E-state index contributed by atoms with van der Waals surface area (Å²) < 4.78 is 5.21. The van der Waals surface area contributed by atoms with Crippen LogP contribution < -0.4 is 4.74 Å². The summed E-state index contributed by atoms with van der Waals surface area (Å²) in [6, 6.07) is 7.19. The Morgan fingerprint density at radius 3 is 2.81 bits per heavy atom. The summed E-state index contributed by atoms with van der Waals surface area (Å²) in [6.45, 7) is 1.90. The van der Waals surface area contributed by atoms with E-state index in [0.717, 1.165) is 11.1 Å². The van der Waals surface area contributed by atoms with Crippen molar-refractivity contribution in [3.05, 3.63) is 30.0 Å². The molecule has 1 heterocycles. The Bertz CT molecular complexity index is 587. The van der Waals surface area contributed by atoms with Crippen molar-refractivity contribution in [3.63, 3.8) is 0 Å². The molecule has 0 aliphatic rings. The topological polar surface area (TPSA) is 51.5 Å². The molecule has 80 valence electrons. The molecule has 0 fully saturated rings. The van der Waals surface area contributed by atoms with Gasteiger partial charge in [0.1, 0.15) is 11.3 Å². The number of rotatable bonds is 2. The van der Waals surface area contributed by atoms with Crippen LogP contribution in [0.15, 0.2) is 29.3 Å². The van der Waals surface area contributed by atoms with Gasteiger partial charge in [0.25, 0.3) is 0 Å². The molecule has 4 heteroatoms. The molecule has 0 aliphatic heterocycles. The first-order valence-electron chi connectivity index (χ1n) is 4.78. The third-order valence-corrected chi connectivity index (χ3v) is 2.32. The Labute approximate surface area is 92.6 Å². The number of isocyanates is 1. The molecular formula is C12H10N2O2. The van der Waals surface area contributed by atoms with Gasteiger partial charge >= 0.3 is 0 Å². The van der Waals surface area contributed by atoms with Crippen molar-refractivity contribution in [2.75, 3.05) is 7.11 Å². The van der Waals surface area contributed by atoms with Crippen molar-refractivity contribution in [2.45, 2.75) is 6.92 Å². The van der Waals surface area contributed by atoms with E-state index in [1.165, 1.54) is 6.08 Å². The summed E-state index contributed by atoms with van der Waals surface area (Å²) in [7, 11) is 1.58. The molecular weight excluding hydrogens is 204 g/mol. The molecule has 1 aromatic carbocycles. The minimum atomic E-state index is 0.554. The zero-order valence-electron chi connectivity index (χ0n) is 9.02. The summed E-state index contributed by atoms with van der Waals surface area (Å²) in [6.07, 6.45) is 1.53. The van der Waals surface area contributed by atoms with Crippen LogP contribution in [-0.2, 0) is 4.79 Å². The number of hydrogen-bond donors (Lipinski definition) is 0. The summed E-state index contributed by atoms with van der Waals surface area (Å²) in [4.78, 5) is 18.3. The summed E-state index contributed by atoms with van der Waals surface area (Å²) in [5, 5.41) is 0.785. The molecule has 0 unspecified atom stereocenters. The van der Waals surface area contributed by atoms with Gasteiger partial charge < -0.3 is 4.74 Å². The van der Waals surface area contributed by atoms with Gasteiger partial charge in [0, 0.05) is 11.1 Å². The smallest absolute Gasteiger partial charge is 0.240 e. The molecule has 0 atom stereocenters. The Kier molecular flexibility index (Phi) is 2.66. The average Bonchev–Trinajstić information content (AvgIpc) is 2.29. The van der Waals surface area contributed by atoms with Crippen LogP contribution in [0.4, 0.5) is 5.69 Å². The van der Waals surface area contributed by atoms with Crippen LogP contribution in [0.25, 0.3) is 10.9 Å². The number of hydrogen-bond acceptors (Lipinski definition) is 4. The van der Waals surface area contributed by atoms with E-state index < -0.39 is 0 Å². The van der Waals surface area contributed by atoms with Crippen LogP contribution in [0.2, 0.25) is 0 Å². The molecule has 0 bridgehead atoms. The van der Waals surface area contributed by atoms with E-state index in [1.807, 2.05) is 19.1 Å². The van der Waals surface area contributed by atoms with E-state index in [1.54, 1.807) is 19.2 Å². The maximum Gasteiger partial charge on any atom is 0.240 e. The fourth-order valence-corrected chi connectivity index (χ4v) is 1.59. The summed E-state index contributed by atoms with van der Waals surface area (Å²) in [5.74, 6) is 0.670. The van der Waals surface area contributed by atoms with E-state index in [-0.39, 0.29) is 0 Å². The van der Waals surface area contributed by atoms with Crippen molar-refractivity contribution in [3.8, 4) is 5.75 Å². The Hall–Kier alpha value is -2.19. The molecule has 16 heavy (non-hydrogen) atoms. The molecule has 0 saturated carbocycles. The normalized spacial score (nSPS) is 9.88. The second-order valence-electron chi connectivity index (χ2n) is 3.34. The number of aromatic nitrogens is 1. The SMILES string of the molecule is COc1ccc(N=C=O)c2ccc(C)nc12. The van der Waals surface area contributed by atoms with Gasteiger partial charge in [0.15, 0.2) is 0 Å². The number of ether oxygens (including phenoxy) is 1. The van der Waals surface area contributed by atoms with Crippen molar-refractivity contribution in [1.82, 2.24) is 4.98 Å². The fraction of sp³-hybridized carbons (Fsp3) is 0.167. The maximum absolute atomic E-state index is 10.3. The Morgan fingerprint density at radius 1 is 1.31 bits per heavy atom. The van der Waals surface area contributed by atoms with Gasteiger partial charge in [-0.25, -0.2) is 9.78 Å². The number of fused-ring (bicyclic) bond motifs is 1. The van der Waals surface area contributed by atoms with Gasteiger partial charge in [-0.3, -0.25) is 0 Å². The number of methoxy groups -OCH3 is 1. The molecule has 0 spiro atoms. The number of carbonyl (C=O) groups excluding carboxylic acids is 1. The lowest BCUT2D eigenvalue weighted by Gasteiger charge is -2.06. The molecule has 0 aliphatic carbocycles. The third-order valence-electron chi connectivity index (χ3n) is 2.32. The maximum atomic E-state index is 10.3. The Balaban J connectivity index is 2.84. The van der Waals surface area contributed by atoms with Gasteiger partial charge in [-0.05, 0) is 31.2 Å². The summed E-state index contributed by atoms with van der Waals surface area (Å²) >= 11 is 0. The lowest BCUT2D eigenvalue weighted by atomic mass is 10.1. The number of aryl methyl sites for hydroxylation is 1. The van der Waals surface area contributed by atoms with E-state index in [4.69, 9.17) is 4.74 Å². The largest absolute Gasteiger partial charge is 0.494 e. The van der Waals surface area contributed by atoms with Gasteiger partial charge in [0.05, 0.1) is 12.8 Å². The van der Waals surface area contributed by atoms with Crippen molar-refractivity contribution < 1.29 is 9.53 Å². The van der Waals surface area contributed by atoms with Crippen LogP contribution in [0.1, 0.15) is 5.69 Å². The number of nitrogens with zero attached hydrogens (tertiary/aromatic N) is 2. The predicted molar refractivity (Wildman–Crippen MR) is 60.8 cm³/mol. The number of benzene rings is 1. The quantitative estimate of drug-likeness (QED) is 0.570. The molecule has 0 radical (unpaired) electrons. The lowest BCUT2D eigenvalue weighted by Crippen LogP contribution is -1.89. The standard InChI is InChI=1S/C12H10N2O2/c1-8-3-4-9-10(13-7-15)5-6-11(16-2)12(9)14-8/h3-6H,1-2H3. The molecule has 0 saturated heterocycles. The van der Waals surface area contributed by atoms with Crippen LogP contribution in [0.5, 0.6) is 5.75 Å². The minimum Gasteiger partial charge on any atom is -0.494 e. The number of aliphatic imine (C=N–C) groups is 1. The van der Waals surface area contributed by atoms with Crippen LogP contribution in [0.3, 0.4) is 0 Å². The van der Waals surface area contributed by atoms with Crippen molar-refractivity contribution in [1.29, 1.82) is 0 Å². The zero-order chi connectivity index (χ0) is 11.5. The first-order valence-corrected chi connectivity index (χ1v) is 4.78. The van der Waals surface area contributed by atoms with Crippen molar-refractivity contribution >= 4 is 22.7 Å². The molecule has 0 N–H and O–H groups in total. The molecule has 2 aromatic rings. The number of pyridine rings is 1. The minimum absolute atomic E-state index is 0.554. The predicted octanol–water partition coefficient (Wildman–Crippen LogP) is 2.52. The van der Waals surface area contributed by atoms with E-state index >= 15 is 0 Å². The second-order valence-corrected chi connectivity index (χ2v) is 3.34. The van der Waals surface area contributed by atoms with Gasteiger partial charge in [-0.1, -0.05) is 0 Å². The molecule has 0 amide bonds. The van der Waals surface area contributed by atoms with Crippen LogP contribution in [0, 0.1) is 6.92 Å². The molecule has 4 nitrogen and oxygen atoms in total. The first kappa shape index (κ1) is 10.3. The lowest BCUT2D eigenvalue weighted by molar-refractivity contribution is 0.419. The fourth-order valence-electron chi connectivity index (χ4n) is 1.59. The summed E-state index contributed by atoms with van der Waals surface area (Å²) in [5.41, 5.74) is 2.15. The monoisotopic (exact) mass is 214 g/mol. The highest BCUT2D eigenvalue weighted by Crippen LogP contribution is 2.31. The highest BCUT2D eigenvalue weighted by molar-refractivity contribution is 5.94. The third kappa shape index (κ3) is 1.66. The highest BCUT2D eigenvalue weighted by atomic mass is 16.5. The van der Waals surface area contributed by atoms with E-state index in [9.17, 15) is 4.79 Å². The highest BCUT2D eigenvalue weighted by Gasteiger charge is 2.07. The van der Waals surface area contributed by atoms with Gasteiger partial charge in [0.2, 0.25) is 6.08 Å². The molecule has 2 rings (SSSR count). The van der Waals surface area contributed by atoms with E-state index in [2.05, 4.69) is 9.98 Å². The molecule has 1 aromatic heterocycles. The van der Waals surface area contributed by atoms with Crippen molar-refractivity contribution in [2.24, 2.45) is 4.99 Å². The van der Waals surface area contributed by atoms with E-state index in [0.29, 0.717) is 17.0 Å². The van der Waals surface area contributed by atoms with Gasteiger partial charge in [-0.15, -0.1) is 0 Å². The van der Waals surface area contributed by atoms with Crippen LogP contribution in [-0.4, -0.2) is 18.2 Å². The van der Waals surface area contributed by atoms with Crippen LogP contribution >= 0.6 is 0 Å². The zero-order valence-corrected chi connectivity index (χ0v) is 9.02. The van der Waals surface area contributed by atoms with Gasteiger partial charge in [-0.2, -0.15) is 4.99 Å². The first-order chi connectivity index (χ1) is 7.76. The average molecular weight is 214 g/mol. The Morgan fingerprint density at radius 2 is 2.12 bits per heavy atom. The second kappa shape index (κ2) is 4.13.